The van der Waals surface area contributed by atoms with Crippen molar-refractivity contribution >= 4 is 29.5 Å². The van der Waals surface area contributed by atoms with Crippen molar-refractivity contribution in [3.63, 3.8) is 0 Å². The Balaban J connectivity index is 1.92. The molecule has 1 aliphatic heterocycles. The van der Waals surface area contributed by atoms with E-state index in [2.05, 4.69) is 35.2 Å². The number of ether oxygens (including phenoxy) is 2. The highest BCUT2D eigenvalue weighted by atomic mass is 32.2. The summed E-state index contributed by atoms with van der Waals surface area (Å²) in [5.74, 6) is 6.37. The van der Waals surface area contributed by atoms with Gasteiger partial charge in [-0.05, 0) is 48.9 Å². The maximum atomic E-state index is 11.5. The molecule has 6 heteroatoms. The predicted molar refractivity (Wildman–Crippen MR) is 111 cm³/mol. The Bertz CT molecular complexity index is 924. The van der Waals surface area contributed by atoms with Crippen LogP contribution in [0.1, 0.15) is 33.5 Å². The molecule has 0 bridgehead atoms. The average molecular weight is 401 g/mol. The fraction of sp³-hybridized carbons (Fsp3) is 0.286. The lowest BCUT2D eigenvalue weighted by atomic mass is 10.0. The Labute approximate surface area is 167 Å². The lowest BCUT2D eigenvalue weighted by Crippen LogP contribution is -2.26. The van der Waals surface area contributed by atoms with Gasteiger partial charge in [-0.2, -0.15) is 0 Å². The van der Waals surface area contributed by atoms with Gasteiger partial charge in [0.15, 0.2) is 0 Å². The van der Waals surface area contributed by atoms with Gasteiger partial charge in [-0.3, -0.25) is 0 Å². The molecule has 1 heterocycles. The molecule has 0 aromatic heterocycles. The van der Waals surface area contributed by atoms with Crippen LogP contribution in [0.5, 0.6) is 11.5 Å². The van der Waals surface area contributed by atoms with Crippen molar-refractivity contribution in [3.8, 4) is 23.3 Å². The first kappa shape index (κ1) is 19.5. The summed E-state index contributed by atoms with van der Waals surface area (Å²) in [6.07, 6.45) is 5.19. The zero-order chi connectivity index (χ0) is 19.4. The zero-order valence-corrected chi connectivity index (χ0v) is 17.0. The molecule has 0 fully saturated rings. The van der Waals surface area contributed by atoms with E-state index in [0.717, 1.165) is 23.3 Å². The van der Waals surface area contributed by atoms with Gasteiger partial charge in [-0.15, -0.1) is 23.5 Å². The van der Waals surface area contributed by atoms with Gasteiger partial charge in [0, 0.05) is 23.1 Å². The van der Waals surface area contributed by atoms with E-state index >= 15 is 0 Å². The highest BCUT2D eigenvalue weighted by Crippen LogP contribution is 2.52. The van der Waals surface area contributed by atoms with Crippen LogP contribution in [-0.4, -0.2) is 37.3 Å². The highest BCUT2D eigenvalue weighted by Gasteiger charge is 2.36. The number of aromatic hydroxyl groups is 1. The molecule has 0 atom stereocenters. The number of hydrogen-bond donors (Lipinski definition) is 1. The Morgan fingerprint density at radius 3 is 2.44 bits per heavy atom. The first-order valence-electron chi connectivity index (χ1n) is 8.34. The van der Waals surface area contributed by atoms with E-state index in [0.29, 0.717) is 12.2 Å². The van der Waals surface area contributed by atoms with Crippen LogP contribution < -0.4 is 4.74 Å². The normalized spacial score (nSPS) is 14.3. The number of carbonyl (C=O) groups is 1. The summed E-state index contributed by atoms with van der Waals surface area (Å²) in [6, 6.07) is 10.7. The van der Waals surface area contributed by atoms with Gasteiger partial charge in [0.1, 0.15) is 17.1 Å². The molecule has 1 N–H and O–H groups in total. The largest absolute Gasteiger partial charge is 0.507 e. The molecule has 2 aromatic carbocycles. The number of phenols is 1. The Morgan fingerprint density at radius 1 is 1.15 bits per heavy atom. The van der Waals surface area contributed by atoms with Crippen molar-refractivity contribution in [2.24, 2.45) is 0 Å². The number of esters is 1. The van der Waals surface area contributed by atoms with E-state index in [-0.39, 0.29) is 15.4 Å². The van der Waals surface area contributed by atoms with Gasteiger partial charge in [0.05, 0.1) is 17.8 Å². The van der Waals surface area contributed by atoms with Crippen LogP contribution in [0.25, 0.3) is 0 Å². The smallest absolute Gasteiger partial charge is 0.341 e. The third kappa shape index (κ3) is 3.90. The van der Waals surface area contributed by atoms with Crippen LogP contribution >= 0.6 is 23.5 Å². The maximum Gasteiger partial charge on any atom is 0.341 e. The third-order valence-corrected chi connectivity index (χ3v) is 7.66. The minimum Gasteiger partial charge on any atom is -0.507 e. The lowest BCUT2D eigenvalue weighted by Gasteiger charge is -2.36. The summed E-state index contributed by atoms with van der Waals surface area (Å²) < 4.78 is 10.4. The number of fused-ring (bicyclic) bond motifs is 1. The minimum atomic E-state index is -0.577. The molecule has 27 heavy (non-hydrogen) atoms. The second-order valence-electron chi connectivity index (χ2n) is 5.94. The molecular formula is C21H20O4S2. The number of hydrogen-bond acceptors (Lipinski definition) is 6. The molecule has 140 valence electrons. The van der Waals surface area contributed by atoms with Gasteiger partial charge in [0.25, 0.3) is 0 Å². The molecule has 3 rings (SSSR count). The summed E-state index contributed by atoms with van der Waals surface area (Å²) in [5.41, 5.74) is 2.78. The molecule has 2 aromatic rings. The Kier molecular flexibility index (Phi) is 5.93. The average Bonchev–Trinajstić information content (AvgIpc) is 2.71. The Morgan fingerprint density at radius 2 is 1.81 bits per heavy atom. The van der Waals surface area contributed by atoms with Crippen LogP contribution in [-0.2, 0) is 8.82 Å². The van der Waals surface area contributed by atoms with Crippen LogP contribution in [0.15, 0.2) is 36.4 Å². The molecule has 0 amide bonds. The summed E-state index contributed by atoms with van der Waals surface area (Å²) >= 11 is 3.65. The van der Waals surface area contributed by atoms with E-state index in [4.69, 9.17) is 4.74 Å². The van der Waals surface area contributed by atoms with Crippen molar-refractivity contribution in [2.75, 3.05) is 26.2 Å². The molecule has 0 aliphatic carbocycles. The molecule has 4 nitrogen and oxygen atoms in total. The fourth-order valence-corrected chi connectivity index (χ4v) is 5.01. The van der Waals surface area contributed by atoms with Crippen molar-refractivity contribution in [2.45, 2.75) is 10.5 Å². The fourth-order valence-electron chi connectivity index (χ4n) is 3.00. The van der Waals surface area contributed by atoms with E-state index in [9.17, 15) is 9.90 Å². The van der Waals surface area contributed by atoms with Crippen LogP contribution in [0, 0.1) is 11.8 Å². The second-order valence-corrected chi connectivity index (χ2v) is 8.41. The molecule has 0 radical (unpaired) electrons. The topological polar surface area (TPSA) is 55.8 Å². The first-order chi connectivity index (χ1) is 13.0. The van der Waals surface area contributed by atoms with E-state index in [1.165, 1.54) is 19.2 Å². The van der Waals surface area contributed by atoms with Gasteiger partial charge in [-0.1, -0.05) is 11.8 Å². The summed E-state index contributed by atoms with van der Waals surface area (Å²) in [7, 11) is 1.28. The number of thioether (sulfide) groups is 2. The minimum absolute atomic E-state index is 0.0221. The number of methoxy groups -OCH3 is 1. The SMILES string of the molecule is COC(=O)c1ccc(C#Cc2ccc3c(c2)C(SC)(SC)CCO3)cc1O. The highest BCUT2D eigenvalue weighted by molar-refractivity contribution is 8.16. The summed E-state index contributed by atoms with van der Waals surface area (Å²) in [6.45, 7) is 0.714. The van der Waals surface area contributed by atoms with E-state index in [1.807, 2.05) is 35.7 Å². The van der Waals surface area contributed by atoms with Crippen LogP contribution in [0.4, 0.5) is 0 Å². The number of carbonyl (C=O) groups excluding carboxylic acids is 1. The number of rotatable bonds is 3. The van der Waals surface area contributed by atoms with E-state index < -0.39 is 5.97 Å². The molecule has 1 aliphatic rings. The summed E-state index contributed by atoms with van der Waals surface area (Å²) in [5, 5.41) is 9.99. The van der Waals surface area contributed by atoms with Gasteiger partial charge < -0.3 is 14.6 Å². The van der Waals surface area contributed by atoms with Crippen LogP contribution in [0.3, 0.4) is 0 Å². The van der Waals surface area contributed by atoms with Crippen molar-refractivity contribution < 1.29 is 19.4 Å². The Hall–Kier alpha value is -2.23. The molecule has 0 unspecified atom stereocenters. The predicted octanol–water partition coefficient (Wildman–Crippen LogP) is 4.24. The zero-order valence-electron chi connectivity index (χ0n) is 15.4. The van der Waals surface area contributed by atoms with Crippen molar-refractivity contribution in [1.82, 2.24) is 0 Å². The monoisotopic (exact) mass is 400 g/mol. The molecular weight excluding hydrogens is 380 g/mol. The van der Waals surface area contributed by atoms with Crippen molar-refractivity contribution in [1.29, 1.82) is 0 Å². The first-order valence-corrected chi connectivity index (χ1v) is 10.8. The van der Waals surface area contributed by atoms with Crippen LogP contribution in [0.2, 0.25) is 0 Å². The summed E-state index contributed by atoms with van der Waals surface area (Å²) in [4.78, 5) is 11.5. The molecule has 0 spiro atoms. The third-order valence-electron chi connectivity index (χ3n) is 4.49. The number of benzene rings is 2. The quantitative estimate of drug-likeness (QED) is 0.472. The van der Waals surface area contributed by atoms with E-state index in [1.54, 1.807) is 6.07 Å². The maximum absolute atomic E-state index is 11.5. The van der Waals surface area contributed by atoms with Gasteiger partial charge in [-0.25, -0.2) is 4.79 Å². The molecule has 0 saturated carbocycles. The second kappa shape index (κ2) is 8.20. The lowest BCUT2D eigenvalue weighted by molar-refractivity contribution is 0.0597. The van der Waals surface area contributed by atoms with Gasteiger partial charge in [0.2, 0.25) is 0 Å². The number of phenolic OH excluding ortho intramolecular Hbond substituents is 1. The van der Waals surface area contributed by atoms with Crippen molar-refractivity contribution in [3.05, 3.63) is 58.7 Å². The molecule has 0 saturated heterocycles. The standard InChI is InChI=1S/C21H20O4S2/c1-24-20(23)16-8-6-15(13-18(16)22)5-4-14-7-9-19-17(12-14)21(26-2,27-3)10-11-25-19/h6-9,12-13,22H,10-11H2,1-3H3. The van der Waals surface area contributed by atoms with Gasteiger partial charge >= 0.3 is 5.97 Å².